The van der Waals surface area contributed by atoms with Crippen LogP contribution in [0.2, 0.25) is 5.02 Å². The second-order valence-electron chi connectivity index (χ2n) is 5.29. The topological polar surface area (TPSA) is 83.2 Å². The van der Waals surface area contributed by atoms with E-state index in [0.29, 0.717) is 28.7 Å². The van der Waals surface area contributed by atoms with E-state index in [1.54, 1.807) is 49.4 Å². The molecule has 0 radical (unpaired) electrons. The van der Waals surface area contributed by atoms with Gasteiger partial charge in [-0.05, 0) is 49.4 Å². The molecule has 0 unspecified atom stereocenters. The molecule has 25 heavy (non-hydrogen) atoms. The number of aromatic nitrogens is 1. The van der Waals surface area contributed by atoms with Crippen molar-refractivity contribution in [2.24, 2.45) is 0 Å². The number of carbonyl (C=O) groups is 2. The smallest absolute Gasteiger partial charge is 0.411 e. The molecule has 3 aromatic rings. The average molecular weight is 358 g/mol. The Kier molecular flexibility index (Phi) is 4.90. The maximum Gasteiger partial charge on any atom is 0.411 e. The third kappa shape index (κ3) is 4.10. The maximum absolute atomic E-state index is 12.4. The standard InChI is InChI=1S/C18H16ClN3O3/c1-2-25-18(24)21-14-7-5-13(6-8-14)20-17(23)16-9-11-3-4-12(19)10-15(11)22-16/h3-10,22H,2H2,1H3,(H,20,23)(H,21,24). The number of aromatic amines is 1. The third-order valence-corrected chi connectivity index (χ3v) is 3.73. The normalized spacial score (nSPS) is 10.5. The highest BCUT2D eigenvalue weighted by molar-refractivity contribution is 6.31. The molecule has 2 aromatic carbocycles. The highest BCUT2D eigenvalue weighted by Gasteiger charge is 2.10. The minimum atomic E-state index is -0.518. The number of halogens is 1. The summed E-state index contributed by atoms with van der Waals surface area (Å²) in [6, 6.07) is 13.9. The summed E-state index contributed by atoms with van der Waals surface area (Å²) in [5, 5.41) is 6.89. The summed E-state index contributed by atoms with van der Waals surface area (Å²) in [4.78, 5) is 26.7. The van der Waals surface area contributed by atoms with Gasteiger partial charge in [0, 0.05) is 27.3 Å². The molecule has 1 aromatic heterocycles. The number of hydrogen-bond acceptors (Lipinski definition) is 3. The summed E-state index contributed by atoms with van der Waals surface area (Å²) < 4.78 is 4.80. The van der Waals surface area contributed by atoms with Crippen LogP contribution in [0, 0.1) is 0 Å². The van der Waals surface area contributed by atoms with E-state index in [1.165, 1.54) is 0 Å². The predicted molar refractivity (Wildman–Crippen MR) is 98.3 cm³/mol. The Hall–Kier alpha value is -2.99. The number of fused-ring (bicyclic) bond motifs is 1. The molecular formula is C18H16ClN3O3. The highest BCUT2D eigenvalue weighted by Crippen LogP contribution is 2.21. The summed E-state index contributed by atoms with van der Waals surface area (Å²) in [6.45, 7) is 2.03. The first-order valence-corrected chi connectivity index (χ1v) is 8.06. The van der Waals surface area contributed by atoms with Crippen LogP contribution in [0.15, 0.2) is 48.5 Å². The lowest BCUT2D eigenvalue weighted by atomic mass is 10.2. The zero-order valence-electron chi connectivity index (χ0n) is 13.4. The van der Waals surface area contributed by atoms with Crippen molar-refractivity contribution in [3.05, 3.63) is 59.2 Å². The van der Waals surface area contributed by atoms with Gasteiger partial charge in [-0.3, -0.25) is 10.1 Å². The molecule has 3 N–H and O–H groups in total. The van der Waals surface area contributed by atoms with E-state index in [-0.39, 0.29) is 5.91 Å². The molecule has 0 bridgehead atoms. The molecule has 0 atom stereocenters. The van der Waals surface area contributed by atoms with Crippen molar-refractivity contribution in [3.63, 3.8) is 0 Å². The second kappa shape index (κ2) is 7.27. The van der Waals surface area contributed by atoms with Gasteiger partial charge in [0.2, 0.25) is 0 Å². The van der Waals surface area contributed by atoms with Crippen molar-refractivity contribution in [2.45, 2.75) is 6.92 Å². The number of carbonyl (C=O) groups excluding carboxylic acids is 2. The number of nitrogens with one attached hydrogen (secondary N) is 3. The van der Waals surface area contributed by atoms with Crippen molar-refractivity contribution in [1.82, 2.24) is 4.98 Å². The Bertz CT molecular complexity index is 919. The third-order valence-electron chi connectivity index (χ3n) is 3.49. The quantitative estimate of drug-likeness (QED) is 0.636. The molecule has 7 heteroatoms. The largest absolute Gasteiger partial charge is 0.450 e. The Labute approximate surface area is 149 Å². The van der Waals surface area contributed by atoms with Crippen LogP contribution in [-0.2, 0) is 4.74 Å². The second-order valence-corrected chi connectivity index (χ2v) is 5.73. The molecular weight excluding hydrogens is 342 g/mol. The van der Waals surface area contributed by atoms with Gasteiger partial charge in [-0.2, -0.15) is 0 Å². The molecule has 0 saturated carbocycles. The van der Waals surface area contributed by atoms with Crippen molar-refractivity contribution in [2.75, 3.05) is 17.2 Å². The van der Waals surface area contributed by atoms with Gasteiger partial charge in [-0.25, -0.2) is 4.79 Å². The molecule has 0 fully saturated rings. The van der Waals surface area contributed by atoms with Gasteiger partial charge < -0.3 is 15.0 Å². The van der Waals surface area contributed by atoms with E-state index >= 15 is 0 Å². The Balaban J connectivity index is 1.68. The van der Waals surface area contributed by atoms with Crippen LogP contribution < -0.4 is 10.6 Å². The number of ether oxygens (including phenoxy) is 1. The summed E-state index contributed by atoms with van der Waals surface area (Å²) in [7, 11) is 0. The summed E-state index contributed by atoms with van der Waals surface area (Å²) >= 11 is 5.95. The fraction of sp³-hybridized carbons (Fsp3) is 0.111. The summed E-state index contributed by atoms with van der Waals surface area (Å²) in [5.74, 6) is -0.265. The van der Waals surface area contributed by atoms with E-state index in [0.717, 1.165) is 10.9 Å². The van der Waals surface area contributed by atoms with Gasteiger partial charge in [0.15, 0.2) is 0 Å². The Morgan fingerprint density at radius 2 is 1.72 bits per heavy atom. The first kappa shape index (κ1) is 16.9. The molecule has 0 saturated heterocycles. The minimum Gasteiger partial charge on any atom is -0.450 e. The average Bonchev–Trinajstić information content (AvgIpc) is 3.00. The van der Waals surface area contributed by atoms with E-state index < -0.39 is 6.09 Å². The van der Waals surface area contributed by atoms with Gasteiger partial charge in [-0.15, -0.1) is 0 Å². The molecule has 1 heterocycles. The van der Waals surface area contributed by atoms with E-state index in [9.17, 15) is 9.59 Å². The molecule has 0 aliphatic heterocycles. The Morgan fingerprint density at radius 3 is 2.40 bits per heavy atom. The first-order chi connectivity index (χ1) is 12.0. The lowest BCUT2D eigenvalue weighted by Crippen LogP contribution is -2.14. The molecule has 0 aliphatic rings. The van der Waals surface area contributed by atoms with E-state index in [1.807, 2.05) is 6.07 Å². The van der Waals surface area contributed by atoms with Crippen molar-refractivity contribution in [3.8, 4) is 0 Å². The minimum absolute atomic E-state index is 0.265. The number of rotatable bonds is 4. The van der Waals surface area contributed by atoms with E-state index in [2.05, 4.69) is 15.6 Å². The molecule has 3 rings (SSSR count). The predicted octanol–water partition coefficient (Wildman–Crippen LogP) is 4.64. The van der Waals surface area contributed by atoms with Gasteiger partial charge in [0.25, 0.3) is 5.91 Å². The first-order valence-electron chi connectivity index (χ1n) is 7.68. The molecule has 6 nitrogen and oxygen atoms in total. The van der Waals surface area contributed by atoms with Crippen molar-refractivity contribution in [1.29, 1.82) is 0 Å². The monoisotopic (exact) mass is 357 g/mol. The SMILES string of the molecule is CCOC(=O)Nc1ccc(NC(=O)c2cc3ccc(Cl)cc3[nH]2)cc1. The summed E-state index contributed by atoms with van der Waals surface area (Å²) in [5.41, 5.74) is 2.42. The number of hydrogen-bond donors (Lipinski definition) is 3. The molecule has 128 valence electrons. The number of benzene rings is 2. The van der Waals surface area contributed by atoms with Crippen LogP contribution in [0.4, 0.5) is 16.2 Å². The van der Waals surface area contributed by atoms with Gasteiger partial charge in [0.1, 0.15) is 5.69 Å². The molecule has 2 amide bonds. The zero-order valence-corrected chi connectivity index (χ0v) is 14.2. The zero-order chi connectivity index (χ0) is 17.8. The van der Waals surface area contributed by atoms with Crippen LogP contribution in [0.1, 0.15) is 17.4 Å². The van der Waals surface area contributed by atoms with Crippen LogP contribution in [0.3, 0.4) is 0 Å². The highest BCUT2D eigenvalue weighted by atomic mass is 35.5. The van der Waals surface area contributed by atoms with Gasteiger partial charge >= 0.3 is 6.09 Å². The van der Waals surface area contributed by atoms with Crippen LogP contribution in [0.5, 0.6) is 0 Å². The van der Waals surface area contributed by atoms with E-state index in [4.69, 9.17) is 16.3 Å². The summed E-state index contributed by atoms with van der Waals surface area (Å²) in [6.07, 6.45) is -0.518. The van der Waals surface area contributed by atoms with Gasteiger partial charge in [0.05, 0.1) is 6.61 Å². The maximum atomic E-state index is 12.4. The van der Waals surface area contributed by atoms with Crippen LogP contribution >= 0.6 is 11.6 Å². The lowest BCUT2D eigenvalue weighted by Gasteiger charge is -2.07. The van der Waals surface area contributed by atoms with Crippen molar-refractivity contribution < 1.29 is 14.3 Å². The Morgan fingerprint density at radius 1 is 1.04 bits per heavy atom. The molecule has 0 aliphatic carbocycles. The number of amides is 2. The fourth-order valence-corrected chi connectivity index (χ4v) is 2.51. The number of H-pyrrole nitrogens is 1. The van der Waals surface area contributed by atoms with Crippen LogP contribution in [0.25, 0.3) is 10.9 Å². The molecule has 0 spiro atoms. The number of anilines is 2. The van der Waals surface area contributed by atoms with Gasteiger partial charge in [-0.1, -0.05) is 17.7 Å². The lowest BCUT2D eigenvalue weighted by molar-refractivity contribution is 0.102. The van der Waals surface area contributed by atoms with Crippen molar-refractivity contribution >= 4 is 45.9 Å². The fourth-order valence-electron chi connectivity index (χ4n) is 2.34. The van der Waals surface area contributed by atoms with Crippen LogP contribution in [-0.4, -0.2) is 23.6 Å².